The molecule has 1 aromatic carbocycles. The second-order valence-electron chi connectivity index (χ2n) is 5.41. The van der Waals surface area contributed by atoms with Crippen molar-refractivity contribution < 1.29 is 0 Å². The molecule has 0 aliphatic heterocycles. The fourth-order valence-electron chi connectivity index (χ4n) is 2.44. The maximum Gasteiger partial charge on any atom is 0.0991 e. The number of benzene rings is 1. The lowest BCUT2D eigenvalue weighted by molar-refractivity contribution is 0.404. The van der Waals surface area contributed by atoms with Gasteiger partial charge in [0.15, 0.2) is 0 Å². The van der Waals surface area contributed by atoms with E-state index in [0.29, 0.717) is 12.1 Å². The van der Waals surface area contributed by atoms with Gasteiger partial charge in [-0.2, -0.15) is 5.26 Å². The summed E-state index contributed by atoms with van der Waals surface area (Å²) in [5, 5.41) is 12.6. The van der Waals surface area contributed by atoms with E-state index in [1.165, 1.54) is 31.2 Å². The van der Waals surface area contributed by atoms with E-state index in [1.807, 2.05) is 18.2 Å². The summed E-state index contributed by atoms with van der Waals surface area (Å²) in [5.41, 5.74) is 1.96. The normalized spacial score (nSPS) is 18.1. The highest BCUT2D eigenvalue weighted by Gasteiger charge is 2.25. The van der Waals surface area contributed by atoms with Crippen LogP contribution in [0.25, 0.3) is 0 Å². The van der Waals surface area contributed by atoms with Crippen LogP contribution in [0.15, 0.2) is 24.3 Å². The number of nitrogens with one attached hydrogen (secondary N) is 1. The minimum absolute atomic E-state index is 0.321. The van der Waals surface area contributed by atoms with Crippen LogP contribution in [0.3, 0.4) is 0 Å². The Morgan fingerprint density at radius 1 is 1.44 bits per heavy atom. The number of hydrogen-bond acceptors (Lipinski definition) is 2. The molecule has 1 N–H and O–H groups in total. The van der Waals surface area contributed by atoms with Gasteiger partial charge in [-0.15, -0.1) is 0 Å². The molecule has 1 fully saturated rings. The van der Waals surface area contributed by atoms with E-state index in [0.717, 1.165) is 11.5 Å². The quantitative estimate of drug-likeness (QED) is 0.824. The van der Waals surface area contributed by atoms with Crippen molar-refractivity contribution in [3.05, 3.63) is 35.4 Å². The van der Waals surface area contributed by atoms with Crippen LogP contribution >= 0.6 is 0 Å². The maximum absolute atomic E-state index is 8.93. The molecule has 2 unspecified atom stereocenters. The van der Waals surface area contributed by atoms with Crippen LogP contribution in [0.2, 0.25) is 0 Å². The van der Waals surface area contributed by atoms with Crippen molar-refractivity contribution in [2.24, 2.45) is 5.92 Å². The predicted octanol–water partition coefficient (Wildman–Crippen LogP) is 3.79. The van der Waals surface area contributed by atoms with Crippen molar-refractivity contribution >= 4 is 0 Å². The van der Waals surface area contributed by atoms with Crippen molar-refractivity contribution in [1.29, 1.82) is 5.26 Å². The summed E-state index contributed by atoms with van der Waals surface area (Å²) in [7, 11) is 0. The molecule has 1 aliphatic rings. The summed E-state index contributed by atoms with van der Waals surface area (Å²) in [5.74, 6) is 0.958. The molecule has 1 saturated carbocycles. The highest BCUT2D eigenvalue weighted by atomic mass is 14.9. The van der Waals surface area contributed by atoms with Crippen LogP contribution in [0.4, 0.5) is 0 Å². The molecular weight excluding hydrogens is 220 g/mol. The van der Waals surface area contributed by atoms with Gasteiger partial charge in [-0.3, -0.25) is 0 Å². The SMILES string of the molecule is CCC(CC1CC1)NC(C)c1cccc(C#N)c1. The first-order valence-corrected chi connectivity index (χ1v) is 6.99. The summed E-state index contributed by atoms with van der Waals surface area (Å²) in [4.78, 5) is 0. The van der Waals surface area contributed by atoms with Gasteiger partial charge in [-0.1, -0.05) is 31.9 Å². The van der Waals surface area contributed by atoms with Crippen molar-refractivity contribution in [1.82, 2.24) is 5.32 Å². The molecule has 0 heterocycles. The van der Waals surface area contributed by atoms with Gasteiger partial charge >= 0.3 is 0 Å². The Balaban J connectivity index is 1.96. The number of hydrogen-bond donors (Lipinski definition) is 1. The number of rotatable bonds is 6. The molecule has 0 bridgehead atoms. The van der Waals surface area contributed by atoms with Crippen molar-refractivity contribution in [3.8, 4) is 6.07 Å². The predicted molar refractivity (Wildman–Crippen MR) is 74.1 cm³/mol. The topological polar surface area (TPSA) is 35.8 Å². The number of nitriles is 1. The van der Waals surface area contributed by atoms with E-state index in [4.69, 9.17) is 5.26 Å². The van der Waals surface area contributed by atoms with Gasteiger partial charge in [0.1, 0.15) is 0 Å². The van der Waals surface area contributed by atoms with Gasteiger partial charge in [0.05, 0.1) is 11.6 Å². The summed E-state index contributed by atoms with van der Waals surface area (Å²) >= 11 is 0. The van der Waals surface area contributed by atoms with E-state index in [9.17, 15) is 0 Å². The smallest absolute Gasteiger partial charge is 0.0991 e. The van der Waals surface area contributed by atoms with Gasteiger partial charge in [-0.25, -0.2) is 0 Å². The van der Waals surface area contributed by atoms with E-state index in [-0.39, 0.29) is 0 Å². The standard InChI is InChI=1S/C16H22N2/c1-3-16(10-13-7-8-13)18-12(2)15-6-4-5-14(9-15)11-17/h4-6,9,12-13,16,18H,3,7-8,10H2,1-2H3. The molecule has 18 heavy (non-hydrogen) atoms. The van der Waals surface area contributed by atoms with Gasteiger partial charge in [0, 0.05) is 12.1 Å². The third kappa shape index (κ3) is 3.58. The molecule has 0 radical (unpaired) electrons. The van der Waals surface area contributed by atoms with E-state index in [2.05, 4.69) is 31.3 Å². The van der Waals surface area contributed by atoms with Crippen LogP contribution in [-0.4, -0.2) is 6.04 Å². The summed E-state index contributed by atoms with van der Waals surface area (Å²) < 4.78 is 0. The van der Waals surface area contributed by atoms with E-state index < -0.39 is 0 Å². The molecule has 0 aromatic heterocycles. The molecule has 2 rings (SSSR count). The average Bonchev–Trinajstić information content (AvgIpc) is 3.21. The summed E-state index contributed by atoms with van der Waals surface area (Å²) in [6, 6.07) is 11.0. The molecule has 1 aromatic rings. The zero-order valence-electron chi connectivity index (χ0n) is 11.3. The molecule has 1 aliphatic carbocycles. The van der Waals surface area contributed by atoms with Crippen LogP contribution in [0.1, 0.15) is 56.7 Å². The second-order valence-corrected chi connectivity index (χ2v) is 5.41. The average molecular weight is 242 g/mol. The van der Waals surface area contributed by atoms with Gasteiger partial charge in [-0.05, 0) is 43.4 Å². The van der Waals surface area contributed by atoms with Gasteiger partial charge < -0.3 is 5.32 Å². The van der Waals surface area contributed by atoms with E-state index in [1.54, 1.807) is 0 Å². The molecule has 0 amide bonds. The van der Waals surface area contributed by atoms with Crippen molar-refractivity contribution in [3.63, 3.8) is 0 Å². The molecular formula is C16H22N2. The lowest BCUT2D eigenvalue weighted by atomic mass is 10.0. The Morgan fingerprint density at radius 2 is 2.22 bits per heavy atom. The molecule has 2 nitrogen and oxygen atoms in total. The lowest BCUT2D eigenvalue weighted by Crippen LogP contribution is -2.31. The summed E-state index contributed by atoms with van der Waals surface area (Å²) in [6.07, 6.45) is 5.31. The fourth-order valence-corrected chi connectivity index (χ4v) is 2.44. The van der Waals surface area contributed by atoms with Gasteiger partial charge in [0.25, 0.3) is 0 Å². The first-order valence-electron chi connectivity index (χ1n) is 6.99. The Labute approximate surface area is 110 Å². The maximum atomic E-state index is 8.93. The highest BCUT2D eigenvalue weighted by Crippen LogP contribution is 2.34. The molecule has 0 saturated heterocycles. The molecule has 0 spiro atoms. The van der Waals surface area contributed by atoms with Crippen molar-refractivity contribution in [2.45, 2.75) is 51.6 Å². The monoisotopic (exact) mass is 242 g/mol. The van der Waals surface area contributed by atoms with Crippen molar-refractivity contribution in [2.75, 3.05) is 0 Å². The molecule has 96 valence electrons. The highest BCUT2D eigenvalue weighted by molar-refractivity contribution is 5.34. The zero-order valence-corrected chi connectivity index (χ0v) is 11.3. The Bertz CT molecular complexity index is 429. The Hall–Kier alpha value is -1.33. The lowest BCUT2D eigenvalue weighted by Gasteiger charge is -2.22. The van der Waals surface area contributed by atoms with Crippen LogP contribution in [-0.2, 0) is 0 Å². The Morgan fingerprint density at radius 3 is 2.83 bits per heavy atom. The van der Waals surface area contributed by atoms with Crippen LogP contribution in [0.5, 0.6) is 0 Å². The first-order chi connectivity index (χ1) is 8.72. The fraction of sp³-hybridized carbons (Fsp3) is 0.562. The largest absolute Gasteiger partial charge is 0.307 e. The first kappa shape index (κ1) is 13.1. The van der Waals surface area contributed by atoms with E-state index >= 15 is 0 Å². The van der Waals surface area contributed by atoms with Crippen LogP contribution in [0, 0.1) is 17.2 Å². The van der Waals surface area contributed by atoms with Gasteiger partial charge in [0.2, 0.25) is 0 Å². The third-order valence-electron chi connectivity index (χ3n) is 3.81. The zero-order chi connectivity index (χ0) is 13.0. The molecule has 2 atom stereocenters. The molecule has 2 heteroatoms. The minimum atomic E-state index is 0.321. The number of nitrogens with zero attached hydrogens (tertiary/aromatic N) is 1. The Kier molecular flexibility index (Phi) is 4.38. The third-order valence-corrected chi connectivity index (χ3v) is 3.81. The minimum Gasteiger partial charge on any atom is -0.307 e. The second kappa shape index (κ2) is 6.02. The summed E-state index contributed by atoms with van der Waals surface area (Å²) in [6.45, 7) is 4.44. The van der Waals surface area contributed by atoms with Crippen LogP contribution < -0.4 is 5.32 Å².